The number of aromatic nitrogens is 1. The van der Waals surface area contributed by atoms with Gasteiger partial charge in [-0.05, 0) is 68.7 Å². The summed E-state index contributed by atoms with van der Waals surface area (Å²) in [4.78, 5) is 15.6. The zero-order valence-corrected chi connectivity index (χ0v) is 17.0. The van der Waals surface area contributed by atoms with E-state index in [0.717, 1.165) is 60.9 Å². The van der Waals surface area contributed by atoms with Gasteiger partial charge in [0, 0.05) is 41.8 Å². The van der Waals surface area contributed by atoms with Gasteiger partial charge in [0.2, 0.25) is 0 Å². The first-order valence-corrected chi connectivity index (χ1v) is 10.7. The van der Waals surface area contributed by atoms with Gasteiger partial charge in [-0.25, -0.2) is 0 Å². The average molecular weight is 383 g/mol. The number of aliphatic carboxylic acids is 1. The molecule has 1 aromatic heterocycles. The van der Waals surface area contributed by atoms with Crippen molar-refractivity contribution in [2.24, 2.45) is 11.8 Å². The lowest BCUT2D eigenvalue weighted by atomic mass is 9.56. The first-order chi connectivity index (χ1) is 13.4. The number of piperidine rings is 2. The summed E-state index contributed by atoms with van der Waals surface area (Å²) in [6, 6.07) is 5.76. The quantitative estimate of drug-likeness (QED) is 0.844. The van der Waals surface area contributed by atoms with Crippen molar-refractivity contribution in [2.45, 2.75) is 64.0 Å². The minimum absolute atomic E-state index is 0.0664. The molecule has 5 atom stereocenters. The second kappa shape index (κ2) is 5.99. The van der Waals surface area contributed by atoms with Gasteiger partial charge in [-0.1, -0.05) is 13.3 Å². The molecule has 1 saturated carbocycles. The molecule has 2 saturated heterocycles. The summed E-state index contributed by atoms with van der Waals surface area (Å²) in [7, 11) is 0. The molecule has 150 valence electrons. The molecular weight excluding hydrogens is 352 g/mol. The average Bonchev–Trinajstić information content (AvgIpc) is 2.94. The van der Waals surface area contributed by atoms with E-state index in [4.69, 9.17) is 0 Å². The SMILES string of the molecule is CCC1CC2CN3CCc4c(n(C(C)C)c5ccc(O)cc45)C(C(=O)O)(C2)C13. The number of carbonyl (C=O) groups is 1. The summed E-state index contributed by atoms with van der Waals surface area (Å²) in [5, 5.41) is 21.9. The molecule has 0 amide bonds. The topological polar surface area (TPSA) is 65.7 Å². The maximum absolute atomic E-state index is 13.1. The summed E-state index contributed by atoms with van der Waals surface area (Å²) in [6.45, 7) is 8.44. The van der Waals surface area contributed by atoms with Crippen LogP contribution < -0.4 is 0 Å². The van der Waals surface area contributed by atoms with Crippen molar-refractivity contribution >= 4 is 16.9 Å². The van der Waals surface area contributed by atoms with E-state index < -0.39 is 11.4 Å². The first-order valence-electron chi connectivity index (χ1n) is 10.7. The largest absolute Gasteiger partial charge is 0.508 e. The molecule has 4 heterocycles. The van der Waals surface area contributed by atoms with E-state index in [1.165, 1.54) is 0 Å². The Kier molecular flexibility index (Phi) is 3.86. The number of rotatable bonds is 3. The Labute approximate surface area is 165 Å². The summed E-state index contributed by atoms with van der Waals surface area (Å²) in [6.07, 6.45) is 3.78. The van der Waals surface area contributed by atoms with Crippen LogP contribution in [0.2, 0.25) is 0 Å². The van der Waals surface area contributed by atoms with Gasteiger partial charge in [-0.3, -0.25) is 9.69 Å². The highest BCUT2D eigenvalue weighted by Crippen LogP contribution is 2.56. The van der Waals surface area contributed by atoms with Crippen LogP contribution >= 0.6 is 0 Å². The van der Waals surface area contributed by atoms with Gasteiger partial charge in [0.15, 0.2) is 0 Å². The molecule has 1 aliphatic carbocycles. The van der Waals surface area contributed by atoms with Gasteiger partial charge in [0.1, 0.15) is 11.2 Å². The minimum Gasteiger partial charge on any atom is -0.508 e. The molecule has 6 rings (SSSR count). The molecule has 2 N–H and O–H groups in total. The number of aromatic hydroxyl groups is 1. The number of carboxylic acids is 1. The Morgan fingerprint density at radius 3 is 2.82 bits per heavy atom. The van der Waals surface area contributed by atoms with Gasteiger partial charge >= 0.3 is 5.97 Å². The van der Waals surface area contributed by atoms with Crippen LogP contribution in [0.4, 0.5) is 0 Å². The van der Waals surface area contributed by atoms with Gasteiger partial charge < -0.3 is 14.8 Å². The van der Waals surface area contributed by atoms with Gasteiger partial charge in [-0.15, -0.1) is 0 Å². The number of phenols is 1. The van der Waals surface area contributed by atoms with Crippen molar-refractivity contribution in [3.63, 3.8) is 0 Å². The van der Waals surface area contributed by atoms with Crippen LogP contribution in [0, 0.1) is 11.8 Å². The van der Waals surface area contributed by atoms with Crippen LogP contribution in [-0.2, 0) is 16.6 Å². The van der Waals surface area contributed by atoms with E-state index in [1.54, 1.807) is 6.07 Å². The van der Waals surface area contributed by atoms with E-state index in [-0.39, 0.29) is 17.8 Å². The molecule has 28 heavy (non-hydrogen) atoms. The third-order valence-electron chi connectivity index (χ3n) is 7.67. The van der Waals surface area contributed by atoms with Crippen molar-refractivity contribution in [3.8, 4) is 5.75 Å². The Morgan fingerprint density at radius 2 is 2.14 bits per heavy atom. The maximum Gasteiger partial charge on any atom is 0.317 e. The predicted molar refractivity (Wildman–Crippen MR) is 109 cm³/mol. The van der Waals surface area contributed by atoms with Crippen molar-refractivity contribution in [2.75, 3.05) is 13.1 Å². The number of hydrogen-bond donors (Lipinski definition) is 2. The molecule has 1 aromatic carbocycles. The van der Waals surface area contributed by atoms with Crippen LogP contribution in [-0.4, -0.2) is 44.8 Å². The number of carboxylic acid groups (broad SMARTS) is 1. The van der Waals surface area contributed by atoms with Crippen LogP contribution in [0.15, 0.2) is 18.2 Å². The molecule has 3 aliphatic heterocycles. The highest BCUT2D eigenvalue weighted by Gasteiger charge is 2.63. The summed E-state index contributed by atoms with van der Waals surface area (Å²) in [5.41, 5.74) is 2.37. The highest BCUT2D eigenvalue weighted by atomic mass is 16.4. The Morgan fingerprint density at radius 1 is 1.36 bits per heavy atom. The van der Waals surface area contributed by atoms with E-state index in [9.17, 15) is 15.0 Å². The first kappa shape index (κ1) is 18.0. The molecule has 4 bridgehead atoms. The lowest BCUT2D eigenvalue weighted by Gasteiger charge is -2.58. The van der Waals surface area contributed by atoms with Crippen molar-refractivity contribution in [1.29, 1.82) is 0 Å². The molecule has 5 heteroatoms. The number of phenolic OH excluding ortho intramolecular Hbond substituents is 1. The fourth-order valence-corrected chi connectivity index (χ4v) is 6.88. The van der Waals surface area contributed by atoms with Crippen LogP contribution in [0.3, 0.4) is 0 Å². The minimum atomic E-state index is -0.855. The molecule has 4 aliphatic rings. The standard InChI is InChI=1S/C23H30N2O3/c1-4-15-9-14-11-23(22(27)28)20(15)24(12-14)8-7-17-18-10-16(26)5-6-19(18)25(13(2)3)21(17)23/h5-6,10,13-15,20,26H,4,7-9,11-12H2,1-3H3,(H,27,28). The van der Waals surface area contributed by atoms with Crippen LogP contribution in [0.5, 0.6) is 5.75 Å². The van der Waals surface area contributed by atoms with E-state index in [0.29, 0.717) is 11.8 Å². The fraction of sp³-hybridized carbons (Fsp3) is 0.609. The number of fused-ring (bicyclic) bond motifs is 4. The Bertz CT molecular complexity index is 962. The van der Waals surface area contributed by atoms with Gasteiger partial charge in [0.05, 0.1) is 0 Å². The number of nitrogens with zero attached hydrogens (tertiary/aromatic N) is 2. The van der Waals surface area contributed by atoms with Gasteiger partial charge in [0.25, 0.3) is 0 Å². The maximum atomic E-state index is 13.1. The smallest absolute Gasteiger partial charge is 0.317 e. The Balaban J connectivity index is 1.89. The molecule has 2 aromatic rings. The van der Waals surface area contributed by atoms with Crippen molar-refractivity contribution < 1.29 is 15.0 Å². The zero-order chi connectivity index (χ0) is 19.8. The highest BCUT2D eigenvalue weighted by molar-refractivity contribution is 5.92. The van der Waals surface area contributed by atoms with Crippen LogP contribution in [0.1, 0.15) is 57.3 Å². The monoisotopic (exact) mass is 382 g/mol. The molecule has 0 radical (unpaired) electrons. The molecular formula is C23H30N2O3. The number of hydrogen-bond acceptors (Lipinski definition) is 3. The summed E-state index contributed by atoms with van der Waals surface area (Å²) in [5.74, 6) is 0.467. The van der Waals surface area contributed by atoms with Crippen molar-refractivity contribution in [3.05, 3.63) is 29.5 Å². The second-order valence-electron chi connectivity index (χ2n) is 9.43. The second-order valence-corrected chi connectivity index (χ2v) is 9.43. The fourth-order valence-electron chi connectivity index (χ4n) is 6.88. The number of benzene rings is 1. The van der Waals surface area contributed by atoms with E-state index in [2.05, 4.69) is 30.2 Å². The lowest BCUT2D eigenvalue weighted by molar-refractivity contribution is -0.159. The lowest BCUT2D eigenvalue weighted by Crippen LogP contribution is -2.67. The van der Waals surface area contributed by atoms with Gasteiger partial charge in [-0.2, -0.15) is 0 Å². The molecule has 0 spiro atoms. The third-order valence-corrected chi connectivity index (χ3v) is 7.67. The zero-order valence-electron chi connectivity index (χ0n) is 17.0. The Hall–Kier alpha value is -2.01. The normalized spacial score (nSPS) is 33.9. The third kappa shape index (κ3) is 2.14. The predicted octanol–water partition coefficient (Wildman–Crippen LogP) is 3.93. The summed E-state index contributed by atoms with van der Waals surface area (Å²) >= 11 is 0. The van der Waals surface area contributed by atoms with Crippen LogP contribution in [0.25, 0.3) is 10.9 Å². The van der Waals surface area contributed by atoms with E-state index >= 15 is 0 Å². The molecule has 5 nitrogen and oxygen atoms in total. The molecule has 3 fully saturated rings. The van der Waals surface area contributed by atoms with Crippen molar-refractivity contribution in [1.82, 2.24) is 9.47 Å². The summed E-state index contributed by atoms with van der Waals surface area (Å²) < 4.78 is 2.27. The molecule has 5 unspecified atom stereocenters. The van der Waals surface area contributed by atoms with E-state index in [1.807, 2.05) is 12.1 Å².